The van der Waals surface area contributed by atoms with E-state index in [9.17, 15) is 14.7 Å². The van der Waals surface area contributed by atoms with E-state index >= 15 is 0 Å². The number of benzene rings is 6. The second-order valence-electron chi connectivity index (χ2n) is 13.6. The molecule has 8 rings (SSSR count). The molecule has 264 valence electrons. The van der Waals surface area contributed by atoms with Crippen LogP contribution in [0.4, 0.5) is 0 Å². The van der Waals surface area contributed by atoms with Gasteiger partial charge in [0.15, 0.2) is 23.0 Å². The fraction of sp³-hybridized carbons (Fsp3) is 0.136. The molecular formula is C44H34O9. The molecule has 2 heterocycles. The summed E-state index contributed by atoms with van der Waals surface area (Å²) in [5, 5.41) is 10.8. The Hall–Kier alpha value is -6.74. The Morgan fingerprint density at radius 3 is 1.36 bits per heavy atom. The van der Waals surface area contributed by atoms with Gasteiger partial charge in [0.05, 0.1) is 11.1 Å². The Kier molecular flexibility index (Phi) is 8.06. The highest BCUT2D eigenvalue weighted by atomic mass is 16.7. The summed E-state index contributed by atoms with van der Waals surface area (Å²) in [6.07, 6.45) is 0. The van der Waals surface area contributed by atoms with Gasteiger partial charge in [-0.3, -0.25) is 0 Å². The van der Waals surface area contributed by atoms with Gasteiger partial charge in [0.25, 0.3) is 0 Å². The fourth-order valence-electron chi connectivity index (χ4n) is 6.45. The summed E-state index contributed by atoms with van der Waals surface area (Å²) < 4.78 is 37.9. The third kappa shape index (κ3) is 6.06. The topological polar surface area (TPSA) is 110 Å². The van der Waals surface area contributed by atoms with Crippen LogP contribution < -0.4 is 23.7 Å². The second kappa shape index (κ2) is 12.8. The van der Waals surface area contributed by atoms with Crippen LogP contribution in [0.3, 0.4) is 0 Å². The van der Waals surface area contributed by atoms with Crippen LogP contribution in [0.5, 0.6) is 34.5 Å². The molecule has 0 saturated heterocycles. The molecule has 0 atom stereocenters. The van der Waals surface area contributed by atoms with E-state index in [0.29, 0.717) is 22.3 Å². The Morgan fingerprint density at radius 2 is 0.925 bits per heavy atom. The zero-order chi connectivity index (χ0) is 36.8. The van der Waals surface area contributed by atoms with Crippen molar-refractivity contribution in [1.29, 1.82) is 0 Å². The van der Waals surface area contributed by atoms with Crippen LogP contribution in [0, 0.1) is 0 Å². The van der Waals surface area contributed by atoms with Crippen LogP contribution in [0.1, 0.15) is 63.7 Å². The summed E-state index contributed by atoms with van der Waals surface area (Å²) in [5.41, 5.74) is 1.57. The SMILES string of the molecule is CC(C)(C)OC(=O)c1cc2c(cc1C(=O)Oc1cc(O)cc3c1OC(c1ccccc1)(c1ccccc1)O3)OC(c1ccccc1)(c1ccccc1)O2. The summed E-state index contributed by atoms with van der Waals surface area (Å²) in [6, 6.07) is 42.8. The third-order valence-corrected chi connectivity index (χ3v) is 8.75. The Bertz CT molecular complexity index is 2240. The Balaban J connectivity index is 1.21. The van der Waals surface area contributed by atoms with Crippen molar-refractivity contribution in [2.45, 2.75) is 37.9 Å². The van der Waals surface area contributed by atoms with Crippen LogP contribution in [-0.4, -0.2) is 22.6 Å². The van der Waals surface area contributed by atoms with Crippen molar-refractivity contribution in [1.82, 2.24) is 0 Å². The van der Waals surface area contributed by atoms with Gasteiger partial charge in [-0.2, -0.15) is 0 Å². The number of fused-ring (bicyclic) bond motifs is 2. The van der Waals surface area contributed by atoms with Gasteiger partial charge in [0.1, 0.15) is 11.4 Å². The van der Waals surface area contributed by atoms with Gasteiger partial charge in [-0.25, -0.2) is 9.59 Å². The van der Waals surface area contributed by atoms with Gasteiger partial charge >= 0.3 is 23.5 Å². The smallest absolute Gasteiger partial charge is 0.344 e. The number of phenolic OH excluding ortho intramolecular Hbond substituents is 1. The van der Waals surface area contributed by atoms with Crippen molar-refractivity contribution in [2.75, 3.05) is 0 Å². The first-order valence-electron chi connectivity index (χ1n) is 17.0. The molecule has 0 aromatic heterocycles. The lowest BCUT2D eigenvalue weighted by molar-refractivity contribution is -0.0467. The molecular weight excluding hydrogens is 672 g/mol. The van der Waals surface area contributed by atoms with Crippen LogP contribution in [0.2, 0.25) is 0 Å². The monoisotopic (exact) mass is 706 g/mol. The van der Waals surface area contributed by atoms with E-state index in [1.807, 2.05) is 121 Å². The fourth-order valence-corrected chi connectivity index (χ4v) is 6.45. The summed E-state index contributed by atoms with van der Waals surface area (Å²) in [6.45, 7) is 5.18. The molecule has 0 saturated carbocycles. The van der Waals surface area contributed by atoms with Gasteiger partial charge in [-0.15, -0.1) is 0 Å². The molecule has 1 N–H and O–H groups in total. The van der Waals surface area contributed by atoms with E-state index in [2.05, 4.69) is 0 Å². The highest BCUT2D eigenvalue weighted by Crippen LogP contribution is 2.54. The molecule has 6 aromatic carbocycles. The molecule has 0 fully saturated rings. The van der Waals surface area contributed by atoms with E-state index in [-0.39, 0.29) is 45.6 Å². The lowest BCUT2D eigenvalue weighted by Gasteiger charge is -2.28. The second-order valence-corrected chi connectivity index (χ2v) is 13.6. The predicted molar refractivity (Wildman–Crippen MR) is 195 cm³/mol. The highest BCUT2D eigenvalue weighted by molar-refractivity contribution is 6.05. The molecule has 0 aliphatic carbocycles. The predicted octanol–water partition coefficient (Wildman–Crippen LogP) is 8.91. The number of rotatable bonds is 7. The average Bonchev–Trinajstić information content (AvgIpc) is 3.76. The molecule has 0 radical (unpaired) electrons. The van der Waals surface area contributed by atoms with E-state index in [1.54, 1.807) is 20.8 Å². The summed E-state index contributed by atoms with van der Waals surface area (Å²) in [7, 11) is 0. The summed E-state index contributed by atoms with van der Waals surface area (Å²) in [5.74, 6) is -4.32. The van der Waals surface area contributed by atoms with Crippen molar-refractivity contribution in [2.24, 2.45) is 0 Å². The first-order valence-corrected chi connectivity index (χ1v) is 17.0. The van der Waals surface area contributed by atoms with Gasteiger partial charge in [0, 0.05) is 34.4 Å². The number of hydrogen-bond donors (Lipinski definition) is 1. The first kappa shape index (κ1) is 33.4. The molecule has 2 aliphatic heterocycles. The molecule has 9 heteroatoms. The zero-order valence-corrected chi connectivity index (χ0v) is 29.1. The van der Waals surface area contributed by atoms with Crippen molar-refractivity contribution in [3.8, 4) is 34.5 Å². The first-order chi connectivity index (χ1) is 25.5. The van der Waals surface area contributed by atoms with E-state index in [1.165, 1.54) is 24.3 Å². The van der Waals surface area contributed by atoms with Crippen LogP contribution in [-0.2, 0) is 16.3 Å². The third-order valence-electron chi connectivity index (χ3n) is 8.75. The maximum atomic E-state index is 14.3. The van der Waals surface area contributed by atoms with Crippen molar-refractivity contribution < 1.29 is 43.1 Å². The Morgan fingerprint density at radius 1 is 0.528 bits per heavy atom. The minimum atomic E-state index is -1.46. The summed E-state index contributed by atoms with van der Waals surface area (Å²) >= 11 is 0. The number of esters is 2. The zero-order valence-electron chi connectivity index (χ0n) is 29.1. The number of phenols is 1. The molecule has 9 nitrogen and oxygen atoms in total. The van der Waals surface area contributed by atoms with Crippen LogP contribution in [0.15, 0.2) is 146 Å². The van der Waals surface area contributed by atoms with Crippen LogP contribution >= 0.6 is 0 Å². The number of hydrogen-bond acceptors (Lipinski definition) is 9. The van der Waals surface area contributed by atoms with Gasteiger partial charge in [-0.1, -0.05) is 121 Å². The maximum Gasteiger partial charge on any atom is 0.344 e. The van der Waals surface area contributed by atoms with Crippen molar-refractivity contribution >= 4 is 11.9 Å². The quantitative estimate of drug-likeness (QED) is 0.129. The molecule has 53 heavy (non-hydrogen) atoms. The molecule has 0 bridgehead atoms. The van der Waals surface area contributed by atoms with Crippen molar-refractivity contribution in [3.63, 3.8) is 0 Å². The lowest BCUT2D eigenvalue weighted by Crippen LogP contribution is -2.36. The van der Waals surface area contributed by atoms with E-state index in [0.717, 1.165) is 0 Å². The number of carbonyl (C=O) groups excluding carboxylic acids is 2. The molecule has 6 aromatic rings. The normalized spacial score (nSPS) is 14.7. The number of aromatic hydroxyl groups is 1. The number of carbonyl (C=O) groups is 2. The van der Waals surface area contributed by atoms with Gasteiger partial charge in [-0.05, 0) is 32.9 Å². The molecule has 0 spiro atoms. The molecule has 0 unspecified atom stereocenters. The Labute approximate surface area is 305 Å². The van der Waals surface area contributed by atoms with Crippen molar-refractivity contribution in [3.05, 3.63) is 179 Å². The van der Waals surface area contributed by atoms with Gasteiger partial charge < -0.3 is 33.5 Å². The molecule has 0 amide bonds. The average molecular weight is 707 g/mol. The van der Waals surface area contributed by atoms with Gasteiger partial charge in [0.2, 0.25) is 5.75 Å². The van der Waals surface area contributed by atoms with E-state index in [4.69, 9.17) is 28.4 Å². The highest BCUT2D eigenvalue weighted by Gasteiger charge is 2.48. The molecule has 2 aliphatic rings. The summed E-state index contributed by atoms with van der Waals surface area (Å²) in [4.78, 5) is 28.1. The largest absolute Gasteiger partial charge is 0.508 e. The number of ether oxygens (including phenoxy) is 6. The lowest BCUT2D eigenvalue weighted by atomic mass is 9.97. The standard InChI is InChI=1S/C44H34O9/c1-42(2,3)53-41(47)34-27-36-35(49-43(50-36,28-16-8-4-9-17-28)29-18-10-5-11-19-29)26-33(34)40(46)48-37-24-32(45)25-38-39(37)52-44(51-38,30-20-12-6-13-21-30)31-22-14-7-15-23-31/h4-27,45H,1-3H3. The minimum absolute atomic E-state index is 0.0792. The van der Waals surface area contributed by atoms with E-state index < -0.39 is 29.1 Å². The minimum Gasteiger partial charge on any atom is -0.508 e. The maximum absolute atomic E-state index is 14.3. The van der Waals surface area contributed by atoms with Crippen LogP contribution in [0.25, 0.3) is 0 Å².